The van der Waals surface area contributed by atoms with E-state index < -0.39 is 0 Å². The largest absolute Gasteiger partial charge is 0.347 e. The van der Waals surface area contributed by atoms with Crippen LogP contribution in [0.5, 0.6) is 0 Å². The predicted octanol–water partition coefficient (Wildman–Crippen LogP) is 4.17. The Balaban J connectivity index is 1.72. The molecular formula is C25H22N2O2. The van der Waals surface area contributed by atoms with E-state index in [2.05, 4.69) is 10.6 Å². The smallest absolute Gasteiger partial charge is 0.268 e. The molecule has 0 atom stereocenters. The Morgan fingerprint density at radius 3 is 1.90 bits per heavy atom. The van der Waals surface area contributed by atoms with Crippen molar-refractivity contribution in [1.29, 1.82) is 0 Å². The molecule has 4 nitrogen and oxygen atoms in total. The lowest BCUT2D eigenvalue weighted by Crippen LogP contribution is -2.33. The van der Waals surface area contributed by atoms with Crippen molar-refractivity contribution >= 4 is 24.0 Å². The first-order chi connectivity index (χ1) is 14.2. The van der Waals surface area contributed by atoms with E-state index in [1.54, 1.807) is 12.2 Å². The lowest BCUT2D eigenvalue weighted by atomic mass is 10.1. The highest BCUT2D eigenvalue weighted by Gasteiger charge is 2.12. The Morgan fingerprint density at radius 1 is 0.724 bits per heavy atom. The van der Waals surface area contributed by atoms with Crippen molar-refractivity contribution in [2.45, 2.75) is 6.54 Å². The number of hydrogen-bond donors (Lipinski definition) is 2. The fourth-order valence-corrected chi connectivity index (χ4v) is 2.66. The van der Waals surface area contributed by atoms with Gasteiger partial charge in [-0.05, 0) is 28.8 Å². The van der Waals surface area contributed by atoms with Crippen molar-refractivity contribution in [2.24, 2.45) is 0 Å². The van der Waals surface area contributed by atoms with E-state index in [1.807, 2.05) is 91.0 Å². The number of rotatable bonds is 7. The third kappa shape index (κ3) is 6.63. The average molecular weight is 382 g/mol. The molecule has 0 radical (unpaired) electrons. The number of carbonyl (C=O) groups is 2. The van der Waals surface area contributed by atoms with Gasteiger partial charge in [0, 0.05) is 12.6 Å². The summed E-state index contributed by atoms with van der Waals surface area (Å²) < 4.78 is 0. The van der Waals surface area contributed by atoms with Crippen LogP contribution < -0.4 is 10.6 Å². The van der Waals surface area contributed by atoms with Crippen LogP contribution in [0, 0.1) is 0 Å². The first-order valence-electron chi connectivity index (χ1n) is 9.34. The van der Waals surface area contributed by atoms with Gasteiger partial charge in [-0.15, -0.1) is 0 Å². The Labute approximate surface area is 170 Å². The van der Waals surface area contributed by atoms with Crippen LogP contribution in [0.3, 0.4) is 0 Å². The molecule has 0 aliphatic carbocycles. The Kier molecular flexibility index (Phi) is 7.13. The van der Waals surface area contributed by atoms with Crippen LogP contribution >= 0.6 is 0 Å². The van der Waals surface area contributed by atoms with Crippen molar-refractivity contribution in [3.63, 3.8) is 0 Å². The number of amides is 2. The molecule has 0 aromatic heterocycles. The second kappa shape index (κ2) is 10.4. The fourth-order valence-electron chi connectivity index (χ4n) is 2.66. The molecular weight excluding hydrogens is 360 g/mol. The maximum atomic E-state index is 12.7. The third-order valence-electron chi connectivity index (χ3n) is 4.14. The summed E-state index contributed by atoms with van der Waals surface area (Å²) in [6.07, 6.45) is 4.78. The van der Waals surface area contributed by atoms with E-state index in [0.29, 0.717) is 6.54 Å². The molecule has 29 heavy (non-hydrogen) atoms. The van der Waals surface area contributed by atoms with Crippen molar-refractivity contribution in [3.8, 4) is 0 Å². The minimum absolute atomic E-state index is 0.190. The molecule has 3 rings (SSSR count). The van der Waals surface area contributed by atoms with Gasteiger partial charge in [0.15, 0.2) is 0 Å². The van der Waals surface area contributed by atoms with Crippen LogP contribution in [0.15, 0.2) is 103 Å². The molecule has 0 bridgehead atoms. The molecule has 2 N–H and O–H groups in total. The normalized spacial score (nSPS) is 11.2. The van der Waals surface area contributed by atoms with E-state index in [9.17, 15) is 9.59 Å². The maximum Gasteiger partial charge on any atom is 0.268 e. The van der Waals surface area contributed by atoms with Gasteiger partial charge >= 0.3 is 0 Å². The molecule has 0 saturated carbocycles. The SMILES string of the molecule is O=C(/C=C/c1ccccc1)N/C(=C\c1ccccc1)C(=O)NCc1ccccc1. The first-order valence-corrected chi connectivity index (χ1v) is 9.34. The van der Waals surface area contributed by atoms with Gasteiger partial charge in [-0.1, -0.05) is 91.0 Å². The van der Waals surface area contributed by atoms with Gasteiger partial charge in [0.2, 0.25) is 5.91 Å². The molecule has 3 aromatic rings. The van der Waals surface area contributed by atoms with Crippen LogP contribution in [-0.2, 0) is 16.1 Å². The van der Waals surface area contributed by atoms with Crippen molar-refractivity contribution in [2.75, 3.05) is 0 Å². The van der Waals surface area contributed by atoms with Gasteiger partial charge < -0.3 is 10.6 Å². The van der Waals surface area contributed by atoms with Crippen LogP contribution in [0.1, 0.15) is 16.7 Å². The highest BCUT2D eigenvalue weighted by Crippen LogP contribution is 2.07. The second-order valence-corrected chi connectivity index (χ2v) is 6.37. The zero-order chi connectivity index (χ0) is 20.3. The van der Waals surface area contributed by atoms with Gasteiger partial charge in [0.1, 0.15) is 5.70 Å². The monoisotopic (exact) mass is 382 g/mol. The molecule has 0 unspecified atom stereocenters. The molecule has 0 spiro atoms. The number of carbonyl (C=O) groups excluding carboxylic acids is 2. The lowest BCUT2D eigenvalue weighted by molar-refractivity contribution is -0.121. The zero-order valence-corrected chi connectivity index (χ0v) is 15.9. The summed E-state index contributed by atoms with van der Waals surface area (Å²) >= 11 is 0. The van der Waals surface area contributed by atoms with Gasteiger partial charge in [0.05, 0.1) is 0 Å². The molecule has 0 aliphatic heterocycles. The van der Waals surface area contributed by atoms with E-state index >= 15 is 0 Å². The van der Waals surface area contributed by atoms with E-state index in [0.717, 1.165) is 16.7 Å². The highest BCUT2D eigenvalue weighted by atomic mass is 16.2. The Hall–Kier alpha value is -3.92. The van der Waals surface area contributed by atoms with Crippen LogP contribution in [0.2, 0.25) is 0 Å². The molecule has 0 fully saturated rings. The summed E-state index contributed by atoms with van der Waals surface area (Å²) in [5.74, 6) is -0.718. The summed E-state index contributed by atoms with van der Waals surface area (Å²) in [5, 5.41) is 5.55. The van der Waals surface area contributed by atoms with Crippen LogP contribution in [0.25, 0.3) is 12.2 Å². The van der Waals surface area contributed by atoms with Crippen LogP contribution in [0.4, 0.5) is 0 Å². The fraction of sp³-hybridized carbons (Fsp3) is 0.0400. The lowest BCUT2D eigenvalue weighted by Gasteiger charge is -2.10. The van der Waals surface area contributed by atoms with E-state index in [-0.39, 0.29) is 17.5 Å². The Bertz CT molecular complexity index is 995. The standard InChI is InChI=1S/C25H22N2O2/c28-24(17-16-20-10-4-1-5-11-20)27-23(18-21-12-6-2-7-13-21)25(29)26-19-22-14-8-3-9-15-22/h1-18H,19H2,(H,26,29)(H,27,28)/b17-16+,23-18-. The zero-order valence-electron chi connectivity index (χ0n) is 15.9. The summed E-state index contributed by atoms with van der Waals surface area (Å²) in [6, 6.07) is 28.5. The number of benzene rings is 3. The molecule has 4 heteroatoms. The minimum Gasteiger partial charge on any atom is -0.347 e. The van der Waals surface area contributed by atoms with Gasteiger partial charge in [-0.3, -0.25) is 9.59 Å². The molecule has 3 aromatic carbocycles. The molecule has 144 valence electrons. The molecule has 0 heterocycles. The van der Waals surface area contributed by atoms with Gasteiger partial charge in [0.25, 0.3) is 5.91 Å². The number of nitrogens with one attached hydrogen (secondary N) is 2. The maximum absolute atomic E-state index is 12.7. The third-order valence-corrected chi connectivity index (χ3v) is 4.14. The minimum atomic E-state index is -0.370. The topological polar surface area (TPSA) is 58.2 Å². The van der Waals surface area contributed by atoms with Crippen molar-refractivity contribution in [1.82, 2.24) is 10.6 Å². The summed E-state index contributed by atoms with van der Waals surface area (Å²) in [5.41, 5.74) is 2.90. The molecule has 0 aliphatic rings. The number of hydrogen-bond acceptors (Lipinski definition) is 2. The first kappa shape index (κ1) is 19.8. The van der Waals surface area contributed by atoms with Crippen molar-refractivity contribution < 1.29 is 9.59 Å². The summed E-state index contributed by atoms with van der Waals surface area (Å²) in [4.78, 5) is 25.1. The Morgan fingerprint density at radius 2 is 1.28 bits per heavy atom. The second-order valence-electron chi connectivity index (χ2n) is 6.37. The van der Waals surface area contributed by atoms with Crippen LogP contribution in [-0.4, -0.2) is 11.8 Å². The average Bonchev–Trinajstić information content (AvgIpc) is 2.78. The summed E-state index contributed by atoms with van der Waals surface area (Å²) in [7, 11) is 0. The highest BCUT2D eigenvalue weighted by molar-refractivity contribution is 6.04. The van der Waals surface area contributed by atoms with Gasteiger partial charge in [-0.25, -0.2) is 0 Å². The van der Waals surface area contributed by atoms with E-state index in [1.165, 1.54) is 6.08 Å². The molecule has 2 amide bonds. The predicted molar refractivity (Wildman–Crippen MR) is 116 cm³/mol. The molecule has 0 saturated heterocycles. The summed E-state index contributed by atoms with van der Waals surface area (Å²) in [6.45, 7) is 0.377. The quantitative estimate of drug-likeness (QED) is 0.603. The van der Waals surface area contributed by atoms with Crippen molar-refractivity contribution in [3.05, 3.63) is 119 Å². The van der Waals surface area contributed by atoms with Gasteiger partial charge in [-0.2, -0.15) is 0 Å². The van der Waals surface area contributed by atoms with E-state index in [4.69, 9.17) is 0 Å².